The van der Waals surface area contributed by atoms with Gasteiger partial charge in [-0.05, 0) is 34.5 Å². The van der Waals surface area contributed by atoms with Crippen molar-refractivity contribution in [3.63, 3.8) is 0 Å². The molecule has 1 aliphatic rings. The number of alkyl halides is 4. The van der Waals surface area contributed by atoms with E-state index in [1.54, 1.807) is 25.1 Å². The van der Waals surface area contributed by atoms with Crippen molar-refractivity contribution in [2.24, 2.45) is 0 Å². The lowest BCUT2D eigenvalue weighted by Crippen LogP contribution is -2.52. The Kier molecular flexibility index (Phi) is 4.22. The number of hydrogen-bond donors (Lipinski definition) is 1. The fraction of sp³-hybridized carbons (Fsp3) is 0.235. The van der Waals surface area contributed by atoms with Crippen molar-refractivity contribution in [2.45, 2.75) is 25.7 Å². The smallest absolute Gasteiger partial charge is 0.421 e. The number of halogens is 5. The van der Waals surface area contributed by atoms with E-state index in [1.807, 2.05) is 0 Å². The van der Waals surface area contributed by atoms with E-state index in [0.29, 0.717) is 28.1 Å². The van der Waals surface area contributed by atoms with Crippen molar-refractivity contribution in [2.75, 3.05) is 5.73 Å². The molecule has 0 bridgehead atoms. The summed E-state index contributed by atoms with van der Waals surface area (Å²) in [5, 5.41) is 7.14. The number of nitrogens with zero attached hydrogens (tertiary/aromatic N) is 4. The van der Waals surface area contributed by atoms with Gasteiger partial charge in [0.1, 0.15) is 5.69 Å². The molecule has 2 aromatic carbocycles. The van der Waals surface area contributed by atoms with E-state index in [-0.39, 0.29) is 6.54 Å². The quantitative estimate of drug-likeness (QED) is 0.508. The molecular weight excluding hydrogens is 417 g/mol. The van der Waals surface area contributed by atoms with E-state index in [0.717, 1.165) is 10.2 Å². The maximum atomic E-state index is 14.4. The van der Waals surface area contributed by atoms with E-state index in [9.17, 15) is 26.7 Å². The van der Waals surface area contributed by atoms with Gasteiger partial charge in [0.15, 0.2) is 17.3 Å². The molecule has 0 saturated carbocycles. The van der Waals surface area contributed by atoms with Crippen LogP contribution in [0.5, 0.6) is 11.5 Å². The summed E-state index contributed by atoms with van der Waals surface area (Å²) in [6, 6.07) is 6.00. The minimum Gasteiger partial charge on any atom is -0.421 e. The third-order valence-corrected chi connectivity index (χ3v) is 4.36. The zero-order valence-electron chi connectivity index (χ0n) is 15.1. The molecule has 30 heavy (non-hydrogen) atoms. The van der Waals surface area contributed by atoms with Crippen molar-refractivity contribution in [3.8, 4) is 17.2 Å². The SMILES string of the molecule is Cc1cc(Cn2nnn(-c3cc4c(cc3F)OC(F)(F)C(F)(F)O4)c2=O)ccc1N. The second-order valence-electron chi connectivity index (χ2n) is 6.51. The van der Waals surface area contributed by atoms with Gasteiger partial charge in [-0.2, -0.15) is 26.9 Å². The maximum Gasteiger partial charge on any atom is 0.507 e. The van der Waals surface area contributed by atoms with Crippen LogP contribution in [0.2, 0.25) is 0 Å². The molecule has 4 rings (SSSR count). The monoisotopic (exact) mass is 429 g/mol. The molecule has 0 atom stereocenters. The van der Waals surface area contributed by atoms with E-state index in [4.69, 9.17) is 5.73 Å². The van der Waals surface area contributed by atoms with E-state index < -0.39 is 40.9 Å². The van der Waals surface area contributed by atoms with Crippen LogP contribution < -0.4 is 20.9 Å². The Bertz CT molecular complexity index is 1210. The molecule has 2 N–H and O–H groups in total. The van der Waals surface area contributed by atoms with E-state index >= 15 is 0 Å². The molecule has 0 saturated heterocycles. The highest BCUT2D eigenvalue weighted by Crippen LogP contribution is 2.47. The molecular formula is C17H12F5N5O3. The number of benzene rings is 2. The molecule has 0 radical (unpaired) electrons. The number of anilines is 1. The Morgan fingerprint density at radius 2 is 1.67 bits per heavy atom. The van der Waals surface area contributed by atoms with E-state index in [1.165, 1.54) is 0 Å². The molecule has 0 aliphatic carbocycles. The summed E-state index contributed by atoms with van der Waals surface area (Å²) in [5.41, 5.74) is 6.17. The second-order valence-corrected chi connectivity index (χ2v) is 6.51. The first-order valence-electron chi connectivity index (χ1n) is 8.34. The van der Waals surface area contributed by atoms with Gasteiger partial charge in [-0.3, -0.25) is 0 Å². The van der Waals surface area contributed by atoms with Gasteiger partial charge in [-0.1, -0.05) is 12.1 Å². The largest absolute Gasteiger partial charge is 0.507 e. The lowest BCUT2D eigenvalue weighted by Gasteiger charge is -2.31. The van der Waals surface area contributed by atoms with Crippen molar-refractivity contribution < 1.29 is 31.4 Å². The van der Waals surface area contributed by atoms with Crippen LogP contribution in [0.3, 0.4) is 0 Å². The molecule has 1 aromatic heterocycles. The molecule has 1 aliphatic heterocycles. The molecule has 0 amide bonds. The summed E-state index contributed by atoms with van der Waals surface area (Å²) in [4.78, 5) is 12.5. The third kappa shape index (κ3) is 3.11. The topological polar surface area (TPSA) is 97.2 Å². The van der Waals surface area contributed by atoms with Crippen molar-refractivity contribution in [3.05, 3.63) is 57.8 Å². The molecule has 158 valence electrons. The number of ether oxygens (including phenoxy) is 2. The highest BCUT2D eigenvalue weighted by Gasteiger charge is 2.66. The van der Waals surface area contributed by atoms with Gasteiger partial charge in [0.05, 0.1) is 6.54 Å². The molecule has 8 nitrogen and oxygen atoms in total. The fourth-order valence-corrected chi connectivity index (χ4v) is 2.77. The third-order valence-electron chi connectivity index (χ3n) is 4.36. The fourth-order valence-electron chi connectivity index (χ4n) is 2.77. The van der Waals surface area contributed by atoms with Crippen molar-refractivity contribution >= 4 is 5.69 Å². The molecule has 0 unspecified atom stereocenters. The summed E-state index contributed by atoms with van der Waals surface area (Å²) in [5.74, 6) is -3.08. The first kappa shape index (κ1) is 19.7. The van der Waals surface area contributed by atoms with Gasteiger partial charge in [-0.15, -0.1) is 0 Å². The van der Waals surface area contributed by atoms with Gasteiger partial charge in [0.2, 0.25) is 0 Å². The summed E-state index contributed by atoms with van der Waals surface area (Å²) >= 11 is 0. The number of nitrogens with two attached hydrogens (primary N) is 1. The molecule has 0 spiro atoms. The Morgan fingerprint density at radius 3 is 2.30 bits per heavy atom. The van der Waals surface area contributed by atoms with Crippen molar-refractivity contribution in [1.82, 2.24) is 19.8 Å². The van der Waals surface area contributed by atoms with E-state index in [2.05, 4.69) is 19.9 Å². The predicted molar refractivity (Wildman–Crippen MR) is 91.4 cm³/mol. The number of rotatable bonds is 3. The Labute approximate surface area is 164 Å². The van der Waals surface area contributed by atoms with Crippen molar-refractivity contribution in [1.29, 1.82) is 0 Å². The highest BCUT2D eigenvalue weighted by atomic mass is 19.3. The number of aromatic nitrogens is 4. The summed E-state index contributed by atoms with van der Waals surface area (Å²) < 4.78 is 76.8. The van der Waals surface area contributed by atoms with Gasteiger partial charge in [0, 0.05) is 17.8 Å². The Morgan fingerprint density at radius 1 is 1.03 bits per heavy atom. The van der Waals surface area contributed by atoms with Crippen LogP contribution in [0.4, 0.5) is 27.6 Å². The number of fused-ring (bicyclic) bond motifs is 1. The summed E-state index contributed by atoms with van der Waals surface area (Å²) in [6.07, 6.45) is -9.99. The van der Waals surface area contributed by atoms with Gasteiger partial charge in [0.25, 0.3) is 0 Å². The lowest BCUT2D eigenvalue weighted by molar-refractivity contribution is -0.391. The normalized spacial score (nSPS) is 16.5. The number of tetrazole rings is 1. The van der Waals surface area contributed by atoms with Crippen LogP contribution in [0, 0.1) is 12.7 Å². The first-order chi connectivity index (χ1) is 14.0. The summed E-state index contributed by atoms with van der Waals surface area (Å²) in [6.45, 7) is 1.73. The minimum absolute atomic E-state index is 0.0313. The maximum absolute atomic E-state index is 14.4. The Hall–Kier alpha value is -3.64. The number of aryl methyl sites for hydroxylation is 1. The van der Waals surface area contributed by atoms with Gasteiger partial charge < -0.3 is 15.2 Å². The number of hydrogen-bond acceptors (Lipinski definition) is 6. The highest BCUT2D eigenvalue weighted by molar-refractivity contribution is 5.51. The van der Waals surface area contributed by atoms with Crippen LogP contribution in [0.15, 0.2) is 35.1 Å². The molecule has 2 heterocycles. The minimum atomic E-state index is -5.00. The molecule has 0 fully saturated rings. The Balaban J connectivity index is 1.70. The van der Waals surface area contributed by atoms with Gasteiger partial charge >= 0.3 is 17.9 Å². The molecule has 3 aromatic rings. The molecule has 13 heteroatoms. The summed E-state index contributed by atoms with van der Waals surface area (Å²) in [7, 11) is 0. The zero-order chi connectivity index (χ0) is 21.8. The lowest BCUT2D eigenvalue weighted by atomic mass is 10.1. The average molecular weight is 429 g/mol. The van der Waals surface area contributed by atoms with Crippen LogP contribution in [-0.2, 0) is 6.54 Å². The second kappa shape index (κ2) is 6.43. The first-order valence-corrected chi connectivity index (χ1v) is 8.34. The predicted octanol–water partition coefficient (Wildman–Crippen LogP) is 2.46. The van der Waals surface area contributed by atoms with Crippen LogP contribution in [-0.4, -0.2) is 32.0 Å². The van der Waals surface area contributed by atoms with Gasteiger partial charge in [-0.25, -0.2) is 9.18 Å². The standard InChI is InChI=1S/C17H12F5N5O3/c1-8-4-9(2-3-11(8)23)7-26-15(28)27(25-24-26)12-6-14-13(5-10(12)18)29-16(19,20)17(21,22)30-14/h2-6H,7,23H2,1H3. The van der Waals surface area contributed by atoms with Crippen LogP contribution in [0.25, 0.3) is 5.69 Å². The van der Waals surface area contributed by atoms with Crippen LogP contribution in [0.1, 0.15) is 11.1 Å². The zero-order valence-corrected chi connectivity index (χ0v) is 15.1. The van der Waals surface area contributed by atoms with Crippen LogP contribution >= 0.6 is 0 Å². The number of nitrogen functional groups attached to an aromatic ring is 1. The average Bonchev–Trinajstić information content (AvgIpc) is 2.99.